The fourth-order valence-corrected chi connectivity index (χ4v) is 5.00. The van der Waals surface area contributed by atoms with Crippen LogP contribution in [-0.2, 0) is 14.3 Å². The van der Waals surface area contributed by atoms with Gasteiger partial charge in [0.2, 0.25) is 0 Å². The summed E-state index contributed by atoms with van der Waals surface area (Å²) in [6.45, 7) is 10.0. The van der Waals surface area contributed by atoms with Gasteiger partial charge in [0.05, 0.1) is 18.2 Å². The Bertz CT molecular complexity index is 1250. The van der Waals surface area contributed by atoms with E-state index in [-0.39, 0.29) is 17.9 Å². The first-order valence-electron chi connectivity index (χ1n) is 13.9. The van der Waals surface area contributed by atoms with Crippen LogP contribution in [0.1, 0.15) is 88.7 Å². The molecule has 0 saturated carbocycles. The highest BCUT2D eigenvalue weighted by molar-refractivity contribution is 5.94. The average Bonchev–Trinajstić information content (AvgIpc) is 3.46. The van der Waals surface area contributed by atoms with Gasteiger partial charge in [-0.05, 0) is 49.1 Å². The maximum absolute atomic E-state index is 14.2. The number of hydrogen-bond donors (Lipinski definition) is 0. The fraction of sp³-hybridized carbons (Fsp3) is 0.438. The Kier molecular flexibility index (Phi) is 10.8. The Morgan fingerprint density at radius 2 is 1.68 bits per heavy atom. The molecule has 0 bridgehead atoms. The van der Waals surface area contributed by atoms with Gasteiger partial charge in [0, 0.05) is 5.56 Å². The quantitative estimate of drug-likeness (QED) is 0.125. The molecule has 2 unspecified atom stereocenters. The van der Waals surface area contributed by atoms with E-state index in [2.05, 4.69) is 17.0 Å². The smallest absolute Gasteiger partial charge is 0.343 e. The molecule has 0 aliphatic heterocycles. The molecule has 7 nitrogen and oxygen atoms in total. The van der Waals surface area contributed by atoms with Crippen molar-refractivity contribution in [3.63, 3.8) is 0 Å². The van der Waals surface area contributed by atoms with Crippen molar-refractivity contribution in [1.29, 1.82) is 0 Å². The van der Waals surface area contributed by atoms with Crippen LogP contribution in [0.4, 0.5) is 4.39 Å². The van der Waals surface area contributed by atoms with Gasteiger partial charge in [-0.15, -0.1) is 0 Å². The molecule has 2 atom stereocenters. The van der Waals surface area contributed by atoms with Crippen molar-refractivity contribution in [1.82, 2.24) is 14.8 Å². The van der Waals surface area contributed by atoms with Crippen LogP contribution in [0.2, 0.25) is 0 Å². The lowest BCUT2D eigenvalue weighted by Crippen LogP contribution is -2.49. The van der Waals surface area contributed by atoms with E-state index >= 15 is 0 Å². The van der Waals surface area contributed by atoms with Gasteiger partial charge >= 0.3 is 11.9 Å². The summed E-state index contributed by atoms with van der Waals surface area (Å²) in [6.07, 6.45) is 9.44. The molecule has 0 amide bonds. The molecule has 2 aromatic carbocycles. The Hall–Kier alpha value is -3.81. The number of halogens is 1. The van der Waals surface area contributed by atoms with Gasteiger partial charge < -0.3 is 9.47 Å². The zero-order valence-corrected chi connectivity index (χ0v) is 24.1. The predicted molar refractivity (Wildman–Crippen MR) is 153 cm³/mol. The van der Waals surface area contributed by atoms with Crippen LogP contribution >= 0.6 is 0 Å². The van der Waals surface area contributed by atoms with Crippen molar-refractivity contribution in [2.24, 2.45) is 10.8 Å². The van der Waals surface area contributed by atoms with Crippen LogP contribution in [0.15, 0.2) is 73.3 Å². The number of aromatic nitrogens is 3. The van der Waals surface area contributed by atoms with Crippen LogP contribution in [0, 0.1) is 16.6 Å². The maximum atomic E-state index is 14.2. The molecule has 0 N–H and O–H groups in total. The van der Waals surface area contributed by atoms with Gasteiger partial charge in [-0.25, -0.2) is 18.9 Å². The van der Waals surface area contributed by atoms with E-state index in [0.29, 0.717) is 12.0 Å². The zero-order valence-electron chi connectivity index (χ0n) is 24.1. The van der Waals surface area contributed by atoms with Crippen LogP contribution in [0.5, 0.6) is 0 Å². The van der Waals surface area contributed by atoms with E-state index in [1.165, 1.54) is 30.6 Å². The predicted octanol–water partition coefficient (Wildman–Crippen LogP) is 7.42. The number of unbranched alkanes of at least 4 members (excludes halogenated alkanes) is 3. The highest BCUT2D eigenvalue weighted by atomic mass is 19.1. The topological polar surface area (TPSA) is 83.3 Å². The molecule has 0 aliphatic rings. The molecule has 0 fully saturated rings. The normalized spacial score (nSPS) is 14.3. The van der Waals surface area contributed by atoms with E-state index in [4.69, 9.17) is 9.47 Å². The molecule has 214 valence electrons. The Labute approximate surface area is 236 Å². The Morgan fingerprint density at radius 3 is 2.25 bits per heavy atom. The first kappa shape index (κ1) is 30.7. The minimum absolute atomic E-state index is 0.181. The van der Waals surface area contributed by atoms with Crippen LogP contribution < -0.4 is 0 Å². The second-order valence-corrected chi connectivity index (χ2v) is 10.9. The number of nitrogens with zero attached hydrogens (tertiary/aromatic N) is 3. The van der Waals surface area contributed by atoms with Gasteiger partial charge in [0.1, 0.15) is 29.6 Å². The molecule has 8 heteroatoms. The third kappa shape index (κ3) is 7.23. The maximum Gasteiger partial charge on any atom is 0.343 e. The van der Waals surface area contributed by atoms with Crippen molar-refractivity contribution >= 4 is 17.7 Å². The summed E-state index contributed by atoms with van der Waals surface area (Å²) in [7, 11) is 0. The number of carbonyl (C=O) groups is 2. The van der Waals surface area contributed by atoms with E-state index in [1.54, 1.807) is 24.0 Å². The van der Waals surface area contributed by atoms with Crippen molar-refractivity contribution in [3.05, 3.63) is 90.3 Å². The SMILES string of the molecule is CCCCCCC(n1cncn1)C(C=C(OC(=O)c1ccc(F)cc1)c1ccccc1)(C(=O)OCC)C(C)(C)C. The summed E-state index contributed by atoms with van der Waals surface area (Å²) >= 11 is 0. The standard InChI is InChI=1S/C32H40FN3O4/c1-6-8-9-13-16-28(36-23-34-22-35-36)32(31(3,4)5,30(38)39-7-2)21-27(24-14-11-10-12-15-24)40-29(37)25-17-19-26(33)20-18-25/h10-12,14-15,17-23,28H,6-9,13,16H2,1-5H3. The zero-order chi connectivity index (χ0) is 29.2. The molecule has 0 aliphatic carbocycles. The highest BCUT2D eigenvalue weighted by Crippen LogP contribution is 2.52. The van der Waals surface area contributed by atoms with Crippen LogP contribution in [0.3, 0.4) is 0 Å². The molecule has 1 heterocycles. The molecule has 0 radical (unpaired) electrons. The van der Waals surface area contributed by atoms with Gasteiger partial charge in [-0.3, -0.25) is 4.79 Å². The summed E-state index contributed by atoms with van der Waals surface area (Å²) < 4.78 is 27.0. The molecule has 1 aromatic heterocycles. The number of carbonyl (C=O) groups excluding carboxylic acids is 2. The second kappa shape index (κ2) is 14.0. The number of ether oxygens (including phenoxy) is 2. The lowest BCUT2D eigenvalue weighted by atomic mass is 9.60. The number of esters is 2. The van der Waals surface area contributed by atoms with Crippen molar-refractivity contribution < 1.29 is 23.5 Å². The third-order valence-corrected chi connectivity index (χ3v) is 7.17. The van der Waals surface area contributed by atoms with Crippen molar-refractivity contribution in [2.45, 2.75) is 72.8 Å². The van der Waals surface area contributed by atoms with Gasteiger partial charge in [-0.1, -0.05) is 83.7 Å². The minimum atomic E-state index is -1.31. The third-order valence-electron chi connectivity index (χ3n) is 7.17. The lowest BCUT2D eigenvalue weighted by Gasteiger charge is -2.46. The number of benzene rings is 2. The van der Waals surface area contributed by atoms with E-state index in [9.17, 15) is 14.0 Å². The van der Waals surface area contributed by atoms with Gasteiger partial charge in [0.25, 0.3) is 0 Å². The largest absolute Gasteiger partial charge is 0.465 e. The van der Waals surface area contributed by atoms with Crippen molar-refractivity contribution in [2.75, 3.05) is 6.61 Å². The second-order valence-electron chi connectivity index (χ2n) is 10.9. The fourth-order valence-electron chi connectivity index (χ4n) is 5.00. The van der Waals surface area contributed by atoms with E-state index in [0.717, 1.165) is 25.7 Å². The van der Waals surface area contributed by atoms with E-state index in [1.807, 2.05) is 51.1 Å². The van der Waals surface area contributed by atoms with Gasteiger partial charge in [-0.2, -0.15) is 5.10 Å². The molecular formula is C32H40FN3O4. The Balaban J connectivity index is 2.25. The lowest BCUT2D eigenvalue weighted by molar-refractivity contribution is -0.163. The highest BCUT2D eigenvalue weighted by Gasteiger charge is 2.55. The molecular weight excluding hydrogens is 509 g/mol. The Morgan fingerprint density at radius 1 is 0.975 bits per heavy atom. The van der Waals surface area contributed by atoms with Crippen LogP contribution in [0.25, 0.3) is 5.76 Å². The number of rotatable bonds is 13. The summed E-state index contributed by atoms with van der Waals surface area (Å²) in [5, 5.41) is 4.46. The molecule has 0 spiro atoms. The molecule has 40 heavy (non-hydrogen) atoms. The summed E-state index contributed by atoms with van der Waals surface area (Å²) in [5.74, 6) is -1.36. The first-order chi connectivity index (χ1) is 19.1. The van der Waals surface area contributed by atoms with E-state index < -0.39 is 34.6 Å². The minimum Gasteiger partial charge on any atom is -0.465 e. The van der Waals surface area contributed by atoms with Gasteiger partial charge in [0.15, 0.2) is 0 Å². The average molecular weight is 550 g/mol. The van der Waals surface area contributed by atoms with Crippen molar-refractivity contribution in [3.8, 4) is 0 Å². The monoisotopic (exact) mass is 549 g/mol. The molecule has 3 rings (SSSR count). The summed E-state index contributed by atoms with van der Waals surface area (Å²) in [6, 6.07) is 13.8. The van der Waals surface area contributed by atoms with Crippen LogP contribution in [-0.4, -0.2) is 33.3 Å². The summed E-state index contributed by atoms with van der Waals surface area (Å²) in [4.78, 5) is 31.7. The number of hydrogen-bond acceptors (Lipinski definition) is 6. The summed E-state index contributed by atoms with van der Waals surface area (Å²) in [5.41, 5.74) is -1.22. The molecule has 0 saturated heterocycles. The molecule has 3 aromatic rings. The first-order valence-corrected chi connectivity index (χ1v) is 13.9.